The summed E-state index contributed by atoms with van der Waals surface area (Å²) in [4.78, 5) is 12.6. The largest absolute Gasteiger partial charge is 0.495 e. The van der Waals surface area contributed by atoms with Crippen molar-refractivity contribution in [1.82, 2.24) is 4.31 Å². The van der Waals surface area contributed by atoms with E-state index < -0.39 is 15.9 Å². The number of hydrogen-bond acceptors (Lipinski definition) is 4. The first-order chi connectivity index (χ1) is 12.8. The number of aryl methyl sites for hydroxylation is 1. The number of nitrogens with zero attached hydrogens (tertiary/aromatic N) is 1. The molecule has 144 valence electrons. The van der Waals surface area contributed by atoms with Gasteiger partial charge < -0.3 is 10.1 Å². The highest BCUT2D eigenvalue weighted by molar-refractivity contribution is 7.89. The smallest absolute Gasteiger partial charge is 0.255 e. The summed E-state index contributed by atoms with van der Waals surface area (Å²) in [5, 5.41) is 3.28. The zero-order valence-corrected chi connectivity index (χ0v) is 16.7. The lowest BCUT2D eigenvalue weighted by molar-refractivity contribution is 0.102. The lowest BCUT2D eigenvalue weighted by Gasteiger charge is -2.18. The standard InChI is InChI=1S/C19H21ClN2O4S/c1-13-5-7-15(12-16(13)20)21-19(23)14-6-8-17(26-2)18(11-14)27(24,25)22-9-3-4-10-22/h5-8,11-12H,3-4,9-10H2,1-2H3,(H,21,23). The zero-order chi connectivity index (χ0) is 19.6. The molecule has 8 heteroatoms. The Balaban J connectivity index is 1.92. The van der Waals surface area contributed by atoms with Crippen molar-refractivity contribution in [3.8, 4) is 5.75 Å². The van der Waals surface area contributed by atoms with E-state index >= 15 is 0 Å². The van der Waals surface area contributed by atoms with Crippen LogP contribution in [-0.4, -0.2) is 38.8 Å². The molecule has 0 bridgehead atoms. The first-order valence-electron chi connectivity index (χ1n) is 8.58. The van der Waals surface area contributed by atoms with Gasteiger partial charge in [0.25, 0.3) is 5.91 Å². The molecule has 1 heterocycles. The average molecular weight is 409 g/mol. The van der Waals surface area contributed by atoms with Gasteiger partial charge in [0.15, 0.2) is 0 Å². The van der Waals surface area contributed by atoms with E-state index in [1.54, 1.807) is 18.2 Å². The SMILES string of the molecule is COc1ccc(C(=O)Nc2ccc(C)c(Cl)c2)cc1S(=O)(=O)N1CCCC1. The van der Waals surface area contributed by atoms with Crippen molar-refractivity contribution in [2.24, 2.45) is 0 Å². The maximum absolute atomic E-state index is 12.9. The van der Waals surface area contributed by atoms with Gasteiger partial charge in [-0.1, -0.05) is 17.7 Å². The summed E-state index contributed by atoms with van der Waals surface area (Å²) in [7, 11) is -2.31. The van der Waals surface area contributed by atoms with Crippen LogP contribution in [0.3, 0.4) is 0 Å². The maximum Gasteiger partial charge on any atom is 0.255 e. The summed E-state index contributed by atoms with van der Waals surface area (Å²) in [5.74, 6) is -0.202. The molecule has 6 nitrogen and oxygen atoms in total. The minimum absolute atomic E-state index is 0.00138. The first kappa shape index (κ1) is 19.7. The van der Waals surface area contributed by atoms with Crippen LogP contribution < -0.4 is 10.1 Å². The number of benzene rings is 2. The highest BCUT2D eigenvalue weighted by Crippen LogP contribution is 2.30. The van der Waals surface area contributed by atoms with Crippen molar-refractivity contribution >= 4 is 33.2 Å². The third-order valence-electron chi connectivity index (χ3n) is 4.54. The molecule has 1 saturated heterocycles. The minimum Gasteiger partial charge on any atom is -0.495 e. The van der Waals surface area contributed by atoms with Crippen molar-refractivity contribution in [2.45, 2.75) is 24.7 Å². The topological polar surface area (TPSA) is 75.7 Å². The second-order valence-electron chi connectivity index (χ2n) is 6.39. The van der Waals surface area contributed by atoms with Crippen LogP contribution in [0, 0.1) is 6.92 Å². The molecule has 0 atom stereocenters. The van der Waals surface area contributed by atoms with Crippen LogP contribution in [0.4, 0.5) is 5.69 Å². The van der Waals surface area contributed by atoms with Crippen LogP contribution in [0.2, 0.25) is 5.02 Å². The van der Waals surface area contributed by atoms with E-state index in [0.29, 0.717) is 23.8 Å². The van der Waals surface area contributed by atoms with E-state index in [-0.39, 0.29) is 16.2 Å². The number of nitrogens with one attached hydrogen (secondary N) is 1. The van der Waals surface area contributed by atoms with Crippen molar-refractivity contribution in [3.05, 3.63) is 52.5 Å². The molecule has 1 aliphatic rings. The van der Waals surface area contributed by atoms with Crippen molar-refractivity contribution in [2.75, 3.05) is 25.5 Å². The molecule has 1 amide bonds. The zero-order valence-electron chi connectivity index (χ0n) is 15.2. The van der Waals surface area contributed by atoms with E-state index in [4.69, 9.17) is 16.3 Å². The lowest BCUT2D eigenvalue weighted by Crippen LogP contribution is -2.28. The molecule has 1 fully saturated rings. The Bertz CT molecular complexity index is 970. The number of anilines is 1. The Morgan fingerprint density at radius 2 is 1.85 bits per heavy atom. The van der Waals surface area contributed by atoms with Gasteiger partial charge in [-0.25, -0.2) is 8.42 Å². The number of ether oxygens (including phenoxy) is 1. The fourth-order valence-corrected chi connectivity index (χ4v) is 4.84. The van der Waals surface area contributed by atoms with Gasteiger partial charge in [0.1, 0.15) is 10.6 Å². The Kier molecular flexibility index (Phi) is 5.74. The number of carbonyl (C=O) groups is 1. The quantitative estimate of drug-likeness (QED) is 0.818. The summed E-state index contributed by atoms with van der Waals surface area (Å²) in [6, 6.07) is 9.59. The second-order valence-corrected chi connectivity index (χ2v) is 8.71. The van der Waals surface area contributed by atoms with Gasteiger partial charge in [0.2, 0.25) is 10.0 Å². The summed E-state index contributed by atoms with van der Waals surface area (Å²) in [6.07, 6.45) is 1.66. The maximum atomic E-state index is 12.9. The molecular formula is C19H21ClN2O4S. The Hall–Kier alpha value is -2.09. The Morgan fingerprint density at radius 3 is 2.48 bits per heavy atom. The predicted molar refractivity (Wildman–Crippen MR) is 105 cm³/mol. The lowest BCUT2D eigenvalue weighted by atomic mass is 10.2. The van der Waals surface area contributed by atoms with Gasteiger partial charge in [-0.3, -0.25) is 4.79 Å². The van der Waals surface area contributed by atoms with Crippen LogP contribution in [0.5, 0.6) is 5.75 Å². The average Bonchev–Trinajstić information content (AvgIpc) is 3.20. The van der Waals surface area contributed by atoms with Gasteiger partial charge in [-0.2, -0.15) is 4.31 Å². The van der Waals surface area contributed by atoms with E-state index in [2.05, 4.69) is 5.32 Å². The highest BCUT2D eigenvalue weighted by Gasteiger charge is 2.30. The summed E-state index contributed by atoms with van der Waals surface area (Å²) in [6.45, 7) is 2.82. The number of amides is 1. The van der Waals surface area contributed by atoms with Crippen molar-refractivity contribution in [3.63, 3.8) is 0 Å². The molecule has 0 spiro atoms. The first-order valence-corrected chi connectivity index (χ1v) is 10.4. The monoisotopic (exact) mass is 408 g/mol. The summed E-state index contributed by atoms with van der Waals surface area (Å²) < 4.78 is 32.5. The molecule has 3 rings (SSSR count). The Morgan fingerprint density at radius 1 is 1.15 bits per heavy atom. The molecule has 0 radical (unpaired) electrons. The van der Waals surface area contributed by atoms with Crippen LogP contribution >= 0.6 is 11.6 Å². The molecule has 2 aromatic rings. The van der Waals surface area contributed by atoms with Gasteiger partial charge in [0.05, 0.1) is 7.11 Å². The Labute approximate surface area is 164 Å². The van der Waals surface area contributed by atoms with Crippen molar-refractivity contribution < 1.29 is 17.9 Å². The molecule has 0 aliphatic carbocycles. The van der Waals surface area contributed by atoms with E-state index in [9.17, 15) is 13.2 Å². The summed E-state index contributed by atoms with van der Waals surface area (Å²) in [5.41, 5.74) is 1.67. The fourth-order valence-electron chi connectivity index (χ4n) is 2.96. The molecule has 0 unspecified atom stereocenters. The van der Waals surface area contributed by atoms with Crippen molar-refractivity contribution in [1.29, 1.82) is 0 Å². The normalized spacial score (nSPS) is 14.9. The van der Waals surface area contributed by atoms with Gasteiger partial charge >= 0.3 is 0 Å². The number of sulfonamides is 1. The molecule has 1 N–H and O–H groups in total. The molecule has 0 saturated carbocycles. The van der Waals surface area contributed by atoms with Crippen LogP contribution in [0.15, 0.2) is 41.3 Å². The van der Waals surface area contributed by atoms with Gasteiger partial charge in [0, 0.05) is 29.4 Å². The van der Waals surface area contributed by atoms with Crippen LogP contribution in [-0.2, 0) is 10.0 Å². The number of carbonyl (C=O) groups excluding carboxylic acids is 1. The molecular weight excluding hydrogens is 388 g/mol. The molecule has 0 aromatic heterocycles. The van der Waals surface area contributed by atoms with Gasteiger partial charge in [-0.15, -0.1) is 0 Å². The number of halogens is 1. The predicted octanol–water partition coefficient (Wildman–Crippen LogP) is 3.69. The molecule has 27 heavy (non-hydrogen) atoms. The summed E-state index contributed by atoms with van der Waals surface area (Å²) >= 11 is 6.09. The fraction of sp³-hybridized carbons (Fsp3) is 0.316. The minimum atomic E-state index is -3.72. The van der Waals surface area contributed by atoms with Gasteiger partial charge in [-0.05, 0) is 55.7 Å². The second kappa shape index (κ2) is 7.88. The number of methoxy groups -OCH3 is 1. The molecule has 1 aliphatic heterocycles. The van der Waals surface area contributed by atoms with Crippen LogP contribution in [0.1, 0.15) is 28.8 Å². The number of rotatable bonds is 5. The highest BCUT2D eigenvalue weighted by atomic mass is 35.5. The molecule has 2 aromatic carbocycles. The number of hydrogen-bond donors (Lipinski definition) is 1. The third kappa shape index (κ3) is 4.10. The van der Waals surface area contributed by atoms with E-state index in [0.717, 1.165) is 18.4 Å². The third-order valence-corrected chi connectivity index (χ3v) is 6.87. The van der Waals surface area contributed by atoms with E-state index in [1.807, 2.05) is 6.92 Å². The van der Waals surface area contributed by atoms with Crippen LogP contribution in [0.25, 0.3) is 0 Å². The van der Waals surface area contributed by atoms with E-state index in [1.165, 1.54) is 29.6 Å².